The number of hydrogen-bond acceptors (Lipinski definition) is 3. The standard InChI is InChI=1S/C33H20BrN3/c34-30-25-15-7-4-10-21(25)18-19-28(30)32-35-31(22-11-2-1-3-12-22)36-33(37-32)29-20-23-13-5-6-14-24(23)26-16-8-9-17-27(26)29/h1-20H. The van der Waals surface area contributed by atoms with Crippen LogP contribution in [0.2, 0.25) is 0 Å². The zero-order valence-electron chi connectivity index (χ0n) is 19.8. The summed E-state index contributed by atoms with van der Waals surface area (Å²) in [6, 6.07) is 41.7. The molecule has 6 aromatic carbocycles. The summed E-state index contributed by atoms with van der Waals surface area (Å²) in [5, 5.41) is 6.97. The fourth-order valence-electron chi connectivity index (χ4n) is 4.98. The molecule has 4 heteroatoms. The van der Waals surface area contributed by atoms with Gasteiger partial charge in [0.25, 0.3) is 0 Å². The van der Waals surface area contributed by atoms with Crippen molar-refractivity contribution in [3.8, 4) is 34.2 Å². The van der Waals surface area contributed by atoms with E-state index in [0.29, 0.717) is 17.5 Å². The summed E-state index contributed by atoms with van der Waals surface area (Å²) in [5.74, 6) is 1.95. The van der Waals surface area contributed by atoms with Crippen LogP contribution in [0.15, 0.2) is 126 Å². The van der Waals surface area contributed by atoms with Crippen molar-refractivity contribution in [3.05, 3.63) is 126 Å². The highest BCUT2D eigenvalue weighted by molar-refractivity contribution is 9.10. The monoisotopic (exact) mass is 537 g/mol. The molecule has 0 saturated carbocycles. The lowest BCUT2D eigenvalue weighted by molar-refractivity contribution is 1.08. The lowest BCUT2D eigenvalue weighted by atomic mass is 9.97. The van der Waals surface area contributed by atoms with Gasteiger partial charge in [-0.05, 0) is 60.4 Å². The Hall–Kier alpha value is -4.41. The van der Waals surface area contributed by atoms with Gasteiger partial charge in [-0.1, -0.05) is 109 Å². The highest BCUT2D eigenvalue weighted by Crippen LogP contribution is 2.37. The van der Waals surface area contributed by atoms with Gasteiger partial charge in [-0.15, -0.1) is 0 Å². The van der Waals surface area contributed by atoms with Gasteiger partial charge < -0.3 is 0 Å². The van der Waals surface area contributed by atoms with E-state index in [1.54, 1.807) is 0 Å². The van der Waals surface area contributed by atoms with Gasteiger partial charge in [0.15, 0.2) is 17.5 Å². The summed E-state index contributed by atoms with van der Waals surface area (Å²) in [5.41, 5.74) is 2.88. The van der Waals surface area contributed by atoms with Crippen LogP contribution < -0.4 is 0 Å². The Morgan fingerprint density at radius 2 is 0.973 bits per heavy atom. The van der Waals surface area contributed by atoms with Crippen LogP contribution in [0.4, 0.5) is 0 Å². The van der Waals surface area contributed by atoms with Crippen molar-refractivity contribution < 1.29 is 0 Å². The second-order valence-corrected chi connectivity index (χ2v) is 9.80. The van der Waals surface area contributed by atoms with Crippen molar-refractivity contribution in [2.45, 2.75) is 0 Å². The van der Waals surface area contributed by atoms with Crippen molar-refractivity contribution >= 4 is 48.2 Å². The minimum absolute atomic E-state index is 0.638. The first-order valence-corrected chi connectivity index (χ1v) is 13.0. The number of aromatic nitrogens is 3. The van der Waals surface area contributed by atoms with E-state index in [9.17, 15) is 0 Å². The Bertz CT molecular complexity index is 1950. The van der Waals surface area contributed by atoms with Crippen LogP contribution in [0.1, 0.15) is 0 Å². The zero-order chi connectivity index (χ0) is 24.8. The Morgan fingerprint density at radius 1 is 0.405 bits per heavy atom. The smallest absolute Gasteiger partial charge is 0.165 e. The molecule has 1 heterocycles. The first-order valence-electron chi connectivity index (χ1n) is 12.2. The summed E-state index contributed by atoms with van der Waals surface area (Å²) >= 11 is 3.85. The molecule has 7 aromatic rings. The predicted octanol–water partition coefficient (Wildman–Crippen LogP) is 9.09. The van der Waals surface area contributed by atoms with Gasteiger partial charge in [0, 0.05) is 21.2 Å². The molecular formula is C33H20BrN3. The molecule has 0 spiro atoms. The number of hydrogen-bond donors (Lipinski definition) is 0. The molecule has 0 fully saturated rings. The van der Waals surface area contributed by atoms with E-state index in [-0.39, 0.29) is 0 Å². The van der Waals surface area contributed by atoms with Crippen LogP contribution in [0.3, 0.4) is 0 Å². The molecule has 0 bridgehead atoms. The van der Waals surface area contributed by atoms with E-state index in [1.165, 1.54) is 10.8 Å². The molecule has 0 radical (unpaired) electrons. The van der Waals surface area contributed by atoms with E-state index in [0.717, 1.165) is 42.7 Å². The largest absolute Gasteiger partial charge is 0.208 e. The van der Waals surface area contributed by atoms with Crippen molar-refractivity contribution in [2.24, 2.45) is 0 Å². The van der Waals surface area contributed by atoms with Gasteiger partial charge >= 0.3 is 0 Å². The minimum atomic E-state index is 0.638. The fraction of sp³-hybridized carbons (Fsp3) is 0. The second-order valence-electron chi connectivity index (χ2n) is 9.01. The maximum Gasteiger partial charge on any atom is 0.165 e. The maximum atomic E-state index is 5.07. The Kier molecular flexibility index (Phi) is 5.26. The van der Waals surface area contributed by atoms with Crippen molar-refractivity contribution in [3.63, 3.8) is 0 Å². The van der Waals surface area contributed by atoms with E-state index >= 15 is 0 Å². The molecule has 0 aliphatic rings. The molecular weight excluding hydrogens is 518 g/mol. The lowest BCUT2D eigenvalue weighted by Crippen LogP contribution is -2.01. The van der Waals surface area contributed by atoms with Crippen LogP contribution in [0, 0.1) is 0 Å². The molecule has 3 nitrogen and oxygen atoms in total. The summed E-state index contributed by atoms with van der Waals surface area (Å²) in [4.78, 5) is 15.0. The molecule has 0 unspecified atom stereocenters. The van der Waals surface area contributed by atoms with Gasteiger partial charge in [-0.25, -0.2) is 15.0 Å². The molecule has 0 atom stereocenters. The third-order valence-electron chi connectivity index (χ3n) is 6.78. The van der Waals surface area contributed by atoms with Gasteiger partial charge in [0.1, 0.15) is 0 Å². The quantitative estimate of drug-likeness (QED) is 0.211. The van der Waals surface area contributed by atoms with E-state index < -0.39 is 0 Å². The van der Waals surface area contributed by atoms with Gasteiger partial charge in [0.2, 0.25) is 0 Å². The third kappa shape index (κ3) is 3.78. The third-order valence-corrected chi connectivity index (χ3v) is 7.63. The molecule has 0 amide bonds. The van der Waals surface area contributed by atoms with E-state index in [1.807, 2.05) is 42.5 Å². The minimum Gasteiger partial charge on any atom is -0.208 e. The molecule has 0 aliphatic heterocycles. The van der Waals surface area contributed by atoms with Crippen LogP contribution in [-0.2, 0) is 0 Å². The Morgan fingerprint density at radius 3 is 1.76 bits per heavy atom. The first-order chi connectivity index (χ1) is 18.3. The highest BCUT2D eigenvalue weighted by atomic mass is 79.9. The van der Waals surface area contributed by atoms with Gasteiger partial charge in [0.05, 0.1) is 0 Å². The summed E-state index contributed by atoms with van der Waals surface area (Å²) in [7, 11) is 0. The topological polar surface area (TPSA) is 38.7 Å². The van der Waals surface area contributed by atoms with Gasteiger partial charge in [-0.2, -0.15) is 0 Å². The molecule has 1 aromatic heterocycles. The number of halogens is 1. The predicted molar refractivity (Wildman–Crippen MR) is 156 cm³/mol. The zero-order valence-corrected chi connectivity index (χ0v) is 21.4. The summed E-state index contributed by atoms with van der Waals surface area (Å²) < 4.78 is 0.977. The molecule has 0 aliphatic carbocycles. The fourth-order valence-corrected chi connectivity index (χ4v) is 5.65. The molecule has 0 N–H and O–H groups in total. The molecule has 7 rings (SSSR count). The maximum absolute atomic E-state index is 5.07. The van der Waals surface area contributed by atoms with E-state index in [2.05, 4.69) is 94.8 Å². The number of fused-ring (bicyclic) bond motifs is 4. The van der Waals surface area contributed by atoms with Gasteiger partial charge in [-0.3, -0.25) is 0 Å². The highest BCUT2D eigenvalue weighted by Gasteiger charge is 2.17. The average Bonchev–Trinajstić information content (AvgIpc) is 2.97. The Labute approximate surface area is 222 Å². The van der Waals surface area contributed by atoms with Crippen molar-refractivity contribution in [1.82, 2.24) is 15.0 Å². The van der Waals surface area contributed by atoms with Crippen LogP contribution >= 0.6 is 15.9 Å². The van der Waals surface area contributed by atoms with Crippen LogP contribution in [-0.4, -0.2) is 15.0 Å². The molecule has 174 valence electrons. The summed E-state index contributed by atoms with van der Waals surface area (Å²) in [6.45, 7) is 0. The molecule has 37 heavy (non-hydrogen) atoms. The lowest BCUT2D eigenvalue weighted by Gasteiger charge is -2.13. The van der Waals surface area contributed by atoms with Crippen LogP contribution in [0.25, 0.3) is 66.5 Å². The van der Waals surface area contributed by atoms with Crippen molar-refractivity contribution in [1.29, 1.82) is 0 Å². The number of nitrogens with zero attached hydrogens (tertiary/aromatic N) is 3. The van der Waals surface area contributed by atoms with Crippen LogP contribution in [0.5, 0.6) is 0 Å². The summed E-state index contributed by atoms with van der Waals surface area (Å²) in [6.07, 6.45) is 0. The van der Waals surface area contributed by atoms with E-state index in [4.69, 9.17) is 15.0 Å². The first kappa shape index (κ1) is 21.8. The normalized spacial score (nSPS) is 11.4. The SMILES string of the molecule is Brc1c(-c2nc(-c3ccccc3)nc(-c3cc4ccccc4c4ccccc34)n2)ccc2ccccc12. The average molecular weight is 538 g/mol. The molecule has 0 saturated heterocycles. The number of rotatable bonds is 3. The van der Waals surface area contributed by atoms with Crippen molar-refractivity contribution in [2.75, 3.05) is 0 Å². The Balaban J connectivity index is 1.54. The second kappa shape index (κ2) is 8.91. The number of benzene rings is 6.